The first-order valence-electron chi connectivity index (χ1n) is 11.0. The molecule has 0 aromatic heterocycles. The van der Waals surface area contributed by atoms with Crippen LogP contribution in [0.5, 0.6) is 0 Å². The molecule has 0 amide bonds. The van der Waals surface area contributed by atoms with Crippen molar-refractivity contribution in [2.24, 2.45) is 22.7 Å². The number of fused-ring (bicyclic) bond motifs is 2. The molecule has 8 nitrogen and oxygen atoms in total. The Morgan fingerprint density at radius 2 is 1.72 bits per heavy atom. The van der Waals surface area contributed by atoms with Crippen LogP contribution >= 0.6 is 0 Å². The van der Waals surface area contributed by atoms with Gasteiger partial charge in [0, 0.05) is 36.7 Å². The van der Waals surface area contributed by atoms with Crippen LogP contribution in [0.1, 0.15) is 60.8 Å². The number of allylic oxidation sites excluding steroid dienone is 1. The molecule has 0 aromatic carbocycles. The van der Waals surface area contributed by atoms with Gasteiger partial charge in [0.1, 0.15) is 0 Å². The Morgan fingerprint density at radius 1 is 1.09 bits per heavy atom. The van der Waals surface area contributed by atoms with Crippen LogP contribution in [-0.2, 0) is 28.7 Å². The summed E-state index contributed by atoms with van der Waals surface area (Å²) in [6.07, 6.45) is -0.384. The van der Waals surface area contributed by atoms with Gasteiger partial charge >= 0.3 is 11.9 Å². The lowest BCUT2D eigenvalue weighted by atomic mass is 9.47. The van der Waals surface area contributed by atoms with Gasteiger partial charge in [0.15, 0.2) is 17.6 Å². The summed E-state index contributed by atoms with van der Waals surface area (Å²) in [5.74, 6) is -4.51. The van der Waals surface area contributed by atoms with E-state index in [1.54, 1.807) is 6.92 Å². The second kappa shape index (κ2) is 8.14. The van der Waals surface area contributed by atoms with Crippen molar-refractivity contribution in [2.75, 3.05) is 6.61 Å². The predicted octanol–water partition coefficient (Wildman–Crippen LogP) is 2.58. The zero-order chi connectivity index (χ0) is 24.2. The van der Waals surface area contributed by atoms with Crippen LogP contribution in [0.4, 0.5) is 0 Å². The van der Waals surface area contributed by atoms with Gasteiger partial charge in [-0.25, -0.2) is 0 Å². The Hall–Kier alpha value is -2.48. The molecule has 0 bridgehead atoms. The largest absolute Gasteiger partial charge is 0.504 e. The Kier molecular flexibility index (Phi) is 6.15. The summed E-state index contributed by atoms with van der Waals surface area (Å²) < 4.78 is 10.4. The van der Waals surface area contributed by atoms with E-state index in [1.165, 1.54) is 13.8 Å². The second-order valence-electron chi connectivity index (χ2n) is 10.2. The third kappa shape index (κ3) is 3.68. The molecule has 8 heteroatoms. The molecule has 3 aliphatic carbocycles. The van der Waals surface area contributed by atoms with Gasteiger partial charge < -0.3 is 19.7 Å². The number of rotatable bonds is 4. The molecular weight excluding hydrogens is 416 g/mol. The van der Waals surface area contributed by atoms with Crippen LogP contribution in [0, 0.1) is 22.7 Å². The normalized spacial score (nSPS) is 32.8. The van der Waals surface area contributed by atoms with Crippen molar-refractivity contribution >= 4 is 23.5 Å². The summed E-state index contributed by atoms with van der Waals surface area (Å²) in [5, 5.41) is 22.2. The van der Waals surface area contributed by atoms with Crippen LogP contribution in [0.15, 0.2) is 22.5 Å². The first kappa shape index (κ1) is 24.2. The number of carbonyl (C=O) groups excluding carboxylic acids is 4. The lowest BCUT2D eigenvalue weighted by Gasteiger charge is -2.58. The van der Waals surface area contributed by atoms with Gasteiger partial charge in [0.05, 0.1) is 23.9 Å². The molecule has 0 aliphatic heterocycles. The van der Waals surface area contributed by atoms with E-state index in [4.69, 9.17) is 9.47 Å². The summed E-state index contributed by atoms with van der Waals surface area (Å²) in [6.45, 7) is 9.57. The minimum atomic E-state index is -1.32. The first-order chi connectivity index (χ1) is 14.7. The zero-order valence-electron chi connectivity index (χ0n) is 19.5. The van der Waals surface area contributed by atoms with E-state index in [-0.39, 0.29) is 23.3 Å². The average molecular weight is 449 g/mol. The molecular formula is C24H32O8. The lowest BCUT2D eigenvalue weighted by molar-refractivity contribution is -0.166. The molecule has 1 unspecified atom stereocenters. The van der Waals surface area contributed by atoms with E-state index in [1.807, 2.05) is 20.8 Å². The van der Waals surface area contributed by atoms with Gasteiger partial charge in [0.2, 0.25) is 5.78 Å². The van der Waals surface area contributed by atoms with E-state index in [9.17, 15) is 29.4 Å². The van der Waals surface area contributed by atoms with Gasteiger partial charge in [-0.15, -0.1) is 0 Å². The molecule has 1 saturated carbocycles. The summed E-state index contributed by atoms with van der Waals surface area (Å²) in [5.41, 5.74) is -1.42. The molecule has 1 fully saturated rings. The molecule has 3 aliphatic rings. The van der Waals surface area contributed by atoms with Crippen LogP contribution in [0.3, 0.4) is 0 Å². The van der Waals surface area contributed by atoms with Gasteiger partial charge in [-0.1, -0.05) is 34.1 Å². The van der Waals surface area contributed by atoms with E-state index in [0.29, 0.717) is 6.42 Å². The Morgan fingerprint density at radius 3 is 2.28 bits per heavy atom. The average Bonchev–Trinajstić information content (AvgIpc) is 2.65. The van der Waals surface area contributed by atoms with E-state index >= 15 is 0 Å². The smallest absolute Gasteiger partial charge is 0.303 e. The molecule has 32 heavy (non-hydrogen) atoms. The van der Waals surface area contributed by atoms with Gasteiger partial charge in [-0.2, -0.15) is 0 Å². The van der Waals surface area contributed by atoms with E-state index in [0.717, 1.165) is 12.8 Å². The lowest BCUT2D eigenvalue weighted by Crippen LogP contribution is -2.60. The maximum Gasteiger partial charge on any atom is 0.303 e. The molecule has 0 spiro atoms. The zero-order valence-corrected chi connectivity index (χ0v) is 19.5. The predicted molar refractivity (Wildman–Crippen MR) is 113 cm³/mol. The summed E-state index contributed by atoms with van der Waals surface area (Å²) in [6, 6.07) is 0. The Labute approximate surface area is 187 Å². The number of hydrogen-bond donors (Lipinski definition) is 2. The van der Waals surface area contributed by atoms with Crippen molar-refractivity contribution < 1.29 is 38.9 Å². The van der Waals surface area contributed by atoms with Crippen molar-refractivity contribution in [1.82, 2.24) is 0 Å². The minimum absolute atomic E-state index is 0.0726. The maximum absolute atomic E-state index is 13.6. The first-order valence-corrected chi connectivity index (χ1v) is 11.0. The number of Topliss-reactive ketones (excluding diaryl/α,β-unsaturated/α-hetero) is 2. The highest BCUT2D eigenvalue weighted by atomic mass is 16.6. The van der Waals surface area contributed by atoms with Crippen LogP contribution in [-0.4, -0.2) is 52.5 Å². The number of carbonyl (C=O) groups is 4. The SMILES string of the molecule is CC(=O)OCC(C)C1=C(O)C(=O)C2=C(C1=O)[C@H](OC(C)=O)[C@@H](O)[C@H]1C(C)(C)CCC[C@]21C. The highest BCUT2D eigenvalue weighted by Gasteiger charge is 2.62. The molecule has 0 heterocycles. The Bertz CT molecular complexity index is 940. The van der Waals surface area contributed by atoms with Gasteiger partial charge in [-0.05, 0) is 18.3 Å². The van der Waals surface area contributed by atoms with E-state index in [2.05, 4.69) is 0 Å². The highest BCUT2D eigenvalue weighted by molar-refractivity contribution is 6.25. The molecule has 5 atom stereocenters. The van der Waals surface area contributed by atoms with Crippen molar-refractivity contribution in [3.05, 3.63) is 22.5 Å². The molecule has 0 radical (unpaired) electrons. The van der Waals surface area contributed by atoms with Crippen LogP contribution in [0.25, 0.3) is 0 Å². The monoisotopic (exact) mass is 448 g/mol. The number of ketones is 2. The third-order valence-electron chi connectivity index (χ3n) is 7.33. The summed E-state index contributed by atoms with van der Waals surface area (Å²) in [4.78, 5) is 50.3. The standard InChI is InChI=1S/C24H32O8/c1-11(10-31-12(2)25)14-17(27)15-16(19(29)18(14)28)24(6)9-7-8-23(4,5)22(24)20(30)21(15)32-13(3)26/h11,20-22,28,30H,7-10H2,1-6H3/t11?,20-,21+,22+,24-/m1/s1. The molecule has 3 rings (SSSR count). The number of esters is 2. The van der Waals surface area contributed by atoms with Gasteiger partial charge in [-0.3, -0.25) is 19.2 Å². The van der Waals surface area contributed by atoms with Crippen LogP contribution < -0.4 is 0 Å². The van der Waals surface area contributed by atoms with E-state index < -0.39 is 64.1 Å². The second-order valence-corrected chi connectivity index (χ2v) is 10.2. The van der Waals surface area contributed by atoms with Crippen molar-refractivity contribution in [2.45, 2.75) is 73.0 Å². The maximum atomic E-state index is 13.6. The van der Waals surface area contributed by atoms with Crippen molar-refractivity contribution in [3.63, 3.8) is 0 Å². The number of ether oxygens (including phenoxy) is 2. The number of aliphatic hydroxyl groups is 2. The molecule has 0 aromatic rings. The third-order valence-corrected chi connectivity index (χ3v) is 7.33. The summed E-state index contributed by atoms with van der Waals surface area (Å²) >= 11 is 0. The minimum Gasteiger partial charge on any atom is -0.504 e. The topological polar surface area (TPSA) is 127 Å². The fourth-order valence-electron chi connectivity index (χ4n) is 6.21. The quantitative estimate of drug-likeness (QED) is 0.496. The van der Waals surface area contributed by atoms with Crippen molar-refractivity contribution in [3.8, 4) is 0 Å². The highest BCUT2D eigenvalue weighted by Crippen LogP contribution is 2.61. The fraction of sp³-hybridized carbons (Fsp3) is 0.667. The van der Waals surface area contributed by atoms with Crippen LogP contribution in [0.2, 0.25) is 0 Å². The number of hydrogen-bond acceptors (Lipinski definition) is 8. The molecule has 2 N–H and O–H groups in total. The van der Waals surface area contributed by atoms with Gasteiger partial charge in [0.25, 0.3) is 0 Å². The fourth-order valence-corrected chi connectivity index (χ4v) is 6.21. The molecule has 0 saturated heterocycles. The molecule has 176 valence electrons. The van der Waals surface area contributed by atoms with Crippen molar-refractivity contribution in [1.29, 1.82) is 0 Å². The number of aliphatic hydroxyl groups excluding tert-OH is 2. The Balaban J connectivity index is 2.20. The summed E-state index contributed by atoms with van der Waals surface area (Å²) in [7, 11) is 0.